The van der Waals surface area contributed by atoms with Gasteiger partial charge in [0.15, 0.2) is 0 Å². The molecule has 1 N–H and O–H groups in total. The van der Waals surface area contributed by atoms with Crippen molar-refractivity contribution in [2.24, 2.45) is 0 Å². The van der Waals surface area contributed by atoms with Crippen LogP contribution in [0.1, 0.15) is 31.0 Å². The van der Waals surface area contributed by atoms with Crippen molar-refractivity contribution in [2.75, 3.05) is 40.3 Å². The summed E-state index contributed by atoms with van der Waals surface area (Å²) in [6, 6.07) is 10.5. The number of nitriles is 1. The Labute approximate surface area is 129 Å². The SMILES string of the molecule is CCN(CC)Cc1ccc(C(C#N)NCCN(C)C)cc1. The van der Waals surface area contributed by atoms with Crippen LogP contribution >= 0.6 is 0 Å². The van der Waals surface area contributed by atoms with Crippen LogP contribution in [0.25, 0.3) is 0 Å². The van der Waals surface area contributed by atoms with Gasteiger partial charge in [0.1, 0.15) is 6.04 Å². The number of hydrogen-bond acceptors (Lipinski definition) is 4. The fourth-order valence-corrected chi connectivity index (χ4v) is 2.19. The zero-order valence-corrected chi connectivity index (χ0v) is 13.8. The van der Waals surface area contributed by atoms with Crippen molar-refractivity contribution in [2.45, 2.75) is 26.4 Å². The van der Waals surface area contributed by atoms with E-state index in [1.807, 2.05) is 14.1 Å². The van der Waals surface area contributed by atoms with Gasteiger partial charge in [-0.2, -0.15) is 5.26 Å². The molecule has 4 heteroatoms. The zero-order chi connectivity index (χ0) is 15.7. The van der Waals surface area contributed by atoms with Gasteiger partial charge in [0.05, 0.1) is 6.07 Å². The molecule has 0 aliphatic rings. The van der Waals surface area contributed by atoms with Gasteiger partial charge < -0.3 is 4.90 Å². The van der Waals surface area contributed by atoms with E-state index in [-0.39, 0.29) is 6.04 Å². The van der Waals surface area contributed by atoms with Gasteiger partial charge >= 0.3 is 0 Å². The summed E-state index contributed by atoms with van der Waals surface area (Å²) in [7, 11) is 4.07. The molecular weight excluding hydrogens is 260 g/mol. The average molecular weight is 288 g/mol. The van der Waals surface area contributed by atoms with Crippen LogP contribution in [-0.4, -0.2) is 50.1 Å². The number of nitrogens with one attached hydrogen (secondary N) is 1. The van der Waals surface area contributed by atoms with Gasteiger partial charge in [-0.15, -0.1) is 0 Å². The summed E-state index contributed by atoms with van der Waals surface area (Å²) in [4.78, 5) is 4.49. The van der Waals surface area contributed by atoms with E-state index in [0.29, 0.717) is 0 Å². The monoisotopic (exact) mass is 288 g/mol. The summed E-state index contributed by atoms with van der Waals surface area (Å²) < 4.78 is 0. The second-order valence-corrected chi connectivity index (χ2v) is 5.52. The molecule has 0 saturated heterocycles. The Balaban J connectivity index is 2.60. The molecule has 1 aromatic rings. The molecule has 21 heavy (non-hydrogen) atoms. The average Bonchev–Trinajstić information content (AvgIpc) is 2.50. The highest BCUT2D eigenvalue weighted by Crippen LogP contribution is 2.14. The van der Waals surface area contributed by atoms with Gasteiger partial charge in [0.25, 0.3) is 0 Å². The Morgan fingerprint density at radius 3 is 2.24 bits per heavy atom. The summed E-state index contributed by atoms with van der Waals surface area (Å²) in [5, 5.41) is 12.6. The van der Waals surface area contributed by atoms with Crippen LogP contribution in [0.3, 0.4) is 0 Å². The molecule has 0 heterocycles. The van der Waals surface area contributed by atoms with Crippen molar-refractivity contribution in [3.8, 4) is 6.07 Å². The van der Waals surface area contributed by atoms with Gasteiger partial charge in [-0.25, -0.2) is 0 Å². The number of nitrogens with zero attached hydrogens (tertiary/aromatic N) is 3. The lowest BCUT2D eigenvalue weighted by Crippen LogP contribution is -2.29. The van der Waals surface area contributed by atoms with Crippen LogP contribution in [0.15, 0.2) is 24.3 Å². The molecule has 0 fully saturated rings. The molecule has 0 aliphatic carbocycles. The lowest BCUT2D eigenvalue weighted by molar-refractivity contribution is 0.296. The van der Waals surface area contributed by atoms with E-state index in [1.165, 1.54) is 5.56 Å². The van der Waals surface area contributed by atoms with Crippen LogP contribution in [-0.2, 0) is 6.54 Å². The maximum atomic E-state index is 9.30. The third-order valence-corrected chi connectivity index (χ3v) is 3.65. The molecule has 0 saturated carbocycles. The minimum Gasteiger partial charge on any atom is -0.308 e. The van der Waals surface area contributed by atoms with Crippen LogP contribution in [0.5, 0.6) is 0 Å². The summed E-state index contributed by atoms with van der Waals surface area (Å²) in [5.74, 6) is 0. The van der Waals surface area contributed by atoms with Crippen molar-refractivity contribution in [3.05, 3.63) is 35.4 Å². The lowest BCUT2D eigenvalue weighted by Gasteiger charge is -2.19. The molecule has 1 unspecified atom stereocenters. The van der Waals surface area contributed by atoms with Gasteiger partial charge in [-0.1, -0.05) is 38.1 Å². The highest BCUT2D eigenvalue weighted by molar-refractivity contribution is 5.28. The molecule has 1 aromatic carbocycles. The molecule has 0 amide bonds. The maximum absolute atomic E-state index is 9.30. The number of rotatable bonds is 9. The fourth-order valence-electron chi connectivity index (χ4n) is 2.19. The quantitative estimate of drug-likeness (QED) is 0.757. The van der Waals surface area contributed by atoms with Gasteiger partial charge in [0.2, 0.25) is 0 Å². The zero-order valence-electron chi connectivity index (χ0n) is 13.8. The van der Waals surface area contributed by atoms with Gasteiger partial charge in [-0.05, 0) is 38.3 Å². The normalized spacial score (nSPS) is 12.6. The number of likely N-dealkylation sites (N-methyl/N-ethyl adjacent to an activating group) is 1. The van der Waals surface area contributed by atoms with Crippen LogP contribution in [0.2, 0.25) is 0 Å². The summed E-state index contributed by atoms with van der Waals surface area (Å²) in [5.41, 5.74) is 2.34. The predicted molar refractivity (Wildman–Crippen MR) is 88.0 cm³/mol. The first-order valence-electron chi connectivity index (χ1n) is 7.69. The van der Waals surface area contributed by atoms with E-state index in [4.69, 9.17) is 0 Å². The Morgan fingerprint density at radius 1 is 1.14 bits per heavy atom. The second kappa shape index (κ2) is 9.51. The van der Waals surface area contributed by atoms with Crippen LogP contribution in [0, 0.1) is 11.3 Å². The minimum atomic E-state index is -0.229. The van der Waals surface area contributed by atoms with Gasteiger partial charge in [0, 0.05) is 19.6 Å². The molecule has 1 rings (SSSR count). The highest BCUT2D eigenvalue weighted by Gasteiger charge is 2.10. The largest absolute Gasteiger partial charge is 0.308 e. The molecule has 1 atom stereocenters. The van der Waals surface area contributed by atoms with E-state index >= 15 is 0 Å². The van der Waals surface area contributed by atoms with Crippen molar-refractivity contribution in [1.29, 1.82) is 5.26 Å². The van der Waals surface area contributed by atoms with E-state index in [9.17, 15) is 5.26 Å². The van der Waals surface area contributed by atoms with E-state index in [1.54, 1.807) is 0 Å². The predicted octanol–water partition coefficient (Wildman–Crippen LogP) is 2.24. The third kappa shape index (κ3) is 6.26. The first-order chi connectivity index (χ1) is 10.1. The molecule has 4 nitrogen and oxygen atoms in total. The van der Waals surface area contributed by atoms with Crippen molar-refractivity contribution < 1.29 is 0 Å². The number of hydrogen-bond donors (Lipinski definition) is 1. The third-order valence-electron chi connectivity index (χ3n) is 3.65. The Hall–Kier alpha value is -1.41. The Kier molecular flexibility index (Phi) is 7.99. The maximum Gasteiger partial charge on any atom is 0.121 e. The molecule has 0 spiro atoms. The van der Waals surface area contributed by atoms with Crippen LogP contribution < -0.4 is 5.32 Å². The summed E-state index contributed by atoms with van der Waals surface area (Å²) >= 11 is 0. The first-order valence-corrected chi connectivity index (χ1v) is 7.69. The topological polar surface area (TPSA) is 42.3 Å². The summed E-state index contributed by atoms with van der Waals surface area (Å²) in [6.45, 7) is 9.19. The Morgan fingerprint density at radius 2 is 1.76 bits per heavy atom. The second-order valence-electron chi connectivity index (χ2n) is 5.52. The highest BCUT2D eigenvalue weighted by atomic mass is 15.1. The van der Waals surface area contributed by atoms with Crippen molar-refractivity contribution in [1.82, 2.24) is 15.1 Å². The number of benzene rings is 1. The fraction of sp³-hybridized carbons (Fsp3) is 0.588. The van der Waals surface area contributed by atoms with E-state index < -0.39 is 0 Å². The van der Waals surface area contributed by atoms with E-state index in [0.717, 1.165) is 38.3 Å². The first kappa shape index (κ1) is 17.6. The minimum absolute atomic E-state index is 0.229. The van der Waals surface area contributed by atoms with Crippen molar-refractivity contribution >= 4 is 0 Å². The molecule has 0 bridgehead atoms. The molecule has 0 radical (unpaired) electrons. The van der Waals surface area contributed by atoms with Gasteiger partial charge in [-0.3, -0.25) is 10.2 Å². The molecular formula is C17H28N4. The molecule has 0 aromatic heterocycles. The van der Waals surface area contributed by atoms with E-state index in [2.05, 4.69) is 59.3 Å². The summed E-state index contributed by atoms with van der Waals surface area (Å²) in [6.07, 6.45) is 0. The standard InChI is InChI=1S/C17H28N4/c1-5-21(6-2)14-15-7-9-16(10-8-15)17(13-18)19-11-12-20(3)4/h7-10,17,19H,5-6,11-12,14H2,1-4H3. The van der Waals surface area contributed by atoms with Crippen molar-refractivity contribution in [3.63, 3.8) is 0 Å². The smallest absolute Gasteiger partial charge is 0.121 e. The molecule has 116 valence electrons. The Bertz CT molecular complexity index is 429. The molecule has 0 aliphatic heterocycles. The lowest BCUT2D eigenvalue weighted by atomic mass is 10.1. The van der Waals surface area contributed by atoms with Crippen LogP contribution in [0.4, 0.5) is 0 Å².